The van der Waals surface area contributed by atoms with Crippen molar-refractivity contribution in [1.82, 2.24) is 0 Å². The molecule has 2 nitrogen and oxygen atoms in total. The highest BCUT2D eigenvalue weighted by atomic mass is 35.5. The SMILES string of the molecule is CCOC(=O)C=C(F)c1ccc(Cl)c(Cl)c1. The van der Waals surface area contributed by atoms with Crippen LogP contribution in [0, 0.1) is 0 Å². The average molecular weight is 263 g/mol. The van der Waals surface area contributed by atoms with Crippen molar-refractivity contribution in [3.05, 3.63) is 39.9 Å². The molecule has 0 atom stereocenters. The third kappa shape index (κ3) is 3.51. The largest absolute Gasteiger partial charge is 0.463 e. The summed E-state index contributed by atoms with van der Waals surface area (Å²) >= 11 is 11.4. The summed E-state index contributed by atoms with van der Waals surface area (Å²) in [5.74, 6) is -1.44. The van der Waals surface area contributed by atoms with Crippen LogP contribution in [0.4, 0.5) is 4.39 Å². The van der Waals surface area contributed by atoms with E-state index in [9.17, 15) is 9.18 Å². The van der Waals surface area contributed by atoms with Gasteiger partial charge in [0.1, 0.15) is 5.83 Å². The zero-order valence-electron chi connectivity index (χ0n) is 8.47. The smallest absolute Gasteiger partial charge is 0.333 e. The van der Waals surface area contributed by atoms with Gasteiger partial charge in [0.15, 0.2) is 0 Å². The summed E-state index contributed by atoms with van der Waals surface area (Å²) in [5, 5.41) is 0.556. The van der Waals surface area contributed by atoms with Crippen molar-refractivity contribution in [1.29, 1.82) is 0 Å². The summed E-state index contributed by atoms with van der Waals surface area (Å²) < 4.78 is 18.1. The highest BCUT2D eigenvalue weighted by Gasteiger charge is 2.06. The van der Waals surface area contributed by atoms with Crippen molar-refractivity contribution in [2.24, 2.45) is 0 Å². The van der Waals surface area contributed by atoms with Crippen LogP contribution < -0.4 is 0 Å². The number of carbonyl (C=O) groups is 1. The lowest BCUT2D eigenvalue weighted by molar-refractivity contribution is -0.137. The quantitative estimate of drug-likeness (QED) is 0.611. The van der Waals surface area contributed by atoms with Crippen molar-refractivity contribution >= 4 is 35.0 Å². The van der Waals surface area contributed by atoms with Gasteiger partial charge in [-0.25, -0.2) is 9.18 Å². The average Bonchev–Trinajstić information content (AvgIpc) is 2.22. The van der Waals surface area contributed by atoms with Crippen LogP contribution in [0.25, 0.3) is 5.83 Å². The molecule has 0 aliphatic rings. The molecule has 0 aliphatic carbocycles. The highest BCUT2D eigenvalue weighted by Crippen LogP contribution is 2.26. The minimum Gasteiger partial charge on any atom is -0.463 e. The number of ether oxygens (including phenoxy) is 1. The first kappa shape index (κ1) is 13.0. The van der Waals surface area contributed by atoms with Gasteiger partial charge < -0.3 is 4.74 Å². The Kier molecular flexibility index (Phi) is 4.77. The monoisotopic (exact) mass is 262 g/mol. The first-order valence-corrected chi connectivity index (χ1v) is 5.29. The fourth-order valence-electron chi connectivity index (χ4n) is 1.02. The van der Waals surface area contributed by atoms with Gasteiger partial charge in [0.05, 0.1) is 22.7 Å². The Labute approximate surface area is 103 Å². The van der Waals surface area contributed by atoms with E-state index < -0.39 is 11.8 Å². The first-order valence-electron chi connectivity index (χ1n) is 4.54. The molecule has 0 radical (unpaired) electrons. The van der Waals surface area contributed by atoms with Crippen LogP contribution in [0.5, 0.6) is 0 Å². The Hall–Kier alpha value is -1.06. The molecule has 0 saturated carbocycles. The molecular formula is C11H9Cl2FO2. The summed E-state index contributed by atoms with van der Waals surface area (Å²) in [6.07, 6.45) is 0.767. The number of halogens is 3. The zero-order valence-corrected chi connectivity index (χ0v) is 9.98. The van der Waals surface area contributed by atoms with E-state index in [0.29, 0.717) is 5.02 Å². The van der Waals surface area contributed by atoms with Gasteiger partial charge in [-0.05, 0) is 19.1 Å². The third-order valence-electron chi connectivity index (χ3n) is 1.73. The maximum atomic E-state index is 13.5. The molecule has 1 rings (SSSR count). The van der Waals surface area contributed by atoms with Gasteiger partial charge in [-0.1, -0.05) is 29.3 Å². The van der Waals surface area contributed by atoms with E-state index >= 15 is 0 Å². The van der Waals surface area contributed by atoms with E-state index in [1.807, 2.05) is 0 Å². The summed E-state index contributed by atoms with van der Waals surface area (Å²) in [7, 11) is 0. The van der Waals surface area contributed by atoms with Gasteiger partial charge >= 0.3 is 5.97 Å². The molecule has 1 aromatic rings. The minimum absolute atomic E-state index is 0.183. The Balaban J connectivity index is 2.91. The second-order valence-electron chi connectivity index (χ2n) is 2.87. The molecule has 0 N–H and O–H groups in total. The number of esters is 1. The lowest BCUT2D eigenvalue weighted by atomic mass is 10.2. The van der Waals surface area contributed by atoms with Gasteiger partial charge in [-0.15, -0.1) is 0 Å². The Morgan fingerprint density at radius 2 is 2.12 bits per heavy atom. The van der Waals surface area contributed by atoms with E-state index in [1.54, 1.807) is 6.92 Å². The molecule has 5 heteroatoms. The summed E-state index contributed by atoms with van der Waals surface area (Å²) in [6, 6.07) is 4.23. The molecule has 0 aliphatic heterocycles. The maximum absolute atomic E-state index is 13.5. The van der Waals surface area contributed by atoms with Crippen LogP contribution in [0.2, 0.25) is 10.0 Å². The molecule has 0 saturated heterocycles. The van der Waals surface area contributed by atoms with Crippen LogP contribution >= 0.6 is 23.2 Å². The van der Waals surface area contributed by atoms with Gasteiger partial charge in [-0.2, -0.15) is 0 Å². The lowest BCUT2D eigenvalue weighted by Gasteiger charge is -2.01. The molecular weight excluding hydrogens is 254 g/mol. The summed E-state index contributed by atoms with van der Waals surface area (Å²) in [4.78, 5) is 11.0. The summed E-state index contributed by atoms with van der Waals surface area (Å²) in [5.41, 5.74) is 0.183. The predicted molar refractivity (Wildman–Crippen MR) is 62.2 cm³/mol. The van der Waals surface area contributed by atoms with E-state index in [0.717, 1.165) is 6.08 Å². The molecule has 0 spiro atoms. The molecule has 0 aromatic heterocycles. The van der Waals surface area contributed by atoms with E-state index in [4.69, 9.17) is 23.2 Å². The Morgan fingerprint density at radius 1 is 1.44 bits per heavy atom. The van der Waals surface area contributed by atoms with E-state index in [1.165, 1.54) is 18.2 Å². The van der Waals surface area contributed by atoms with E-state index in [-0.39, 0.29) is 17.2 Å². The van der Waals surface area contributed by atoms with Crippen molar-refractivity contribution in [2.75, 3.05) is 6.61 Å². The highest BCUT2D eigenvalue weighted by molar-refractivity contribution is 6.42. The minimum atomic E-state index is -0.730. The number of rotatable bonds is 3. The maximum Gasteiger partial charge on any atom is 0.333 e. The Morgan fingerprint density at radius 3 is 2.69 bits per heavy atom. The number of benzene rings is 1. The van der Waals surface area contributed by atoms with Crippen LogP contribution in [0.3, 0.4) is 0 Å². The molecule has 0 amide bonds. The fraction of sp³-hybridized carbons (Fsp3) is 0.182. The lowest BCUT2D eigenvalue weighted by Crippen LogP contribution is -1.99. The zero-order chi connectivity index (χ0) is 12.1. The fourth-order valence-corrected chi connectivity index (χ4v) is 1.31. The number of hydrogen-bond acceptors (Lipinski definition) is 2. The van der Waals surface area contributed by atoms with Gasteiger partial charge in [0.25, 0.3) is 0 Å². The van der Waals surface area contributed by atoms with Crippen molar-refractivity contribution in [3.63, 3.8) is 0 Å². The van der Waals surface area contributed by atoms with Gasteiger partial charge in [-0.3, -0.25) is 0 Å². The Bertz CT molecular complexity index is 430. The predicted octanol–water partition coefficient (Wildman–Crippen LogP) is 3.87. The molecule has 0 fully saturated rings. The molecule has 0 heterocycles. The molecule has 16 heavy (non-hydrogen) atoms. The van der Waals surface area contributed by atoms with Crippen LogP contribution in [0.1, 0.15) is 12.5 Å². The standard InChI is InChI=1S/C11H9Cl2FO2/c1-2-16-11(15)6-10(14)7-3-4-8(12)9(13)5-7/h3-6H,2H2,1H3. The third-order valence-corrected chi connectivity index (χ3v) is 2.47. The number of carbonyl (C=O) groups excluding carboxylic acids is 1. The number of hydrogen-bond donors (Lipinski definition) is 0. The topological polar surface area (TPSA) is 26.3 Å². The summed E-state index contributed by atoms with van der Waals surface area (Å²) in [6.45, 7) is 1.84. The van der Waals surface area contributed by atoms with Crippen molar-refractivity contribution < 1.29 is 13.9 Å². The molecule has 86 valence electrons. The van der Waals surface area contributed by atoms with Crippen LogP contribution in [0.15, 0.2) is 24.3 Å². The van der Waals surface area contributed by atoms with Gasteiger partial charge in [0, 0.05) is 5.56 Å². The second kappa shape index (κ2) is 5.87. The second-order valence-corrected chi connectivity index (χ2v) is 3.69. The molecule has 1 aromatic carbocycles. The molecule has 0 bridgehead atoms. The van der Waals surface area contributed by atoms with Crippen LogP contribution in [-0.2, 0) is 9.53 Å². The molecule has 0 unspecified atom stereocenters. The normalized spacial score (nSPS) is 11.4. The van der Waals surface area contributed by atoms with Gasteiger partial charge in [0.2, 0.25) is 0 Å². The van der Waals surface area contributed by atoms with Crippen molar-refractivity contribution in [3.8, 4) is 0 Å². The van der Waals surface area contributed by atoms with E-state index in [2.05, 4.69) is 4.74 Å². The van der Waals surface area contributed by atoms with Crippen molar-refractivity contribution in [2.45, 2.75) is 6.92 Å². The first-order chi connectivity index (χ1) is 7.54. The van der Waals surface area contributed by atoms with Crippen LogP contribution in [-0.4, -0.2) is 12.6 Å².